The molecule has 1 aromatic rings. The van der Waals surface area contributed by atoms with E-state index in [1.54, 1.807) is 11.3 Å². The van der Waals surface area contributed by atoms with E-state index in [-0.39, 0.29) is 6.61 Å². The third-order valence-electron chi connectivity index (χ3n) is 1.51. The van der Waals surface area contributed by atoms with Crippen LogP contribution in [-0.4, -0.2) is 29.8 Å². The van der Waals surface area contributed by atoms with Gasteiger partial charge in [-0.3, -0.25) is 0 Å². The van der Waals surface area contributed by atoms with Crippen LogP contribution in [0, 0.1) is 6.92 Å². The van der Waals surface area contributed by atoms with Gasteiger partial charge in [0, 0.05) is 24.9 Å². The second kappa shape index (κ2) is 5.24. The Morgan fingerprint density at radius 3 is 3.00 bits per heavy atom. The molecule has 0 aliphatic carbocycles. The van der Waals surface area contributed by atoms with Crippen LogP contribution in [0.25, 0.3) is 0 Å². The van der Waals surface area contributed by atoms with E-state index in [0.717, 1.165) is 23.7 Å². The zero-order valence-electron chi connectivity index (χ0n) is 7.21. The van der Waals surface area contributed by atoms with Gasteiger partial charge in [-0.2, -0.15) is 0 Å². The van der Waals surface area contributed by atoms with Crippen molar-refractivity contribution < 1.29 is 5.11 Å². The zero-order chi connectivity index (χ0) is 8.81. The molecule has 0 saturated heterocycles. The highest BCUT2D eigenvalue weighted by Gasteiger charge is 1.96. The van der Waals surface area contributed by atoms with Gasteiger partial charge in [0.15, 0.2) is 0 Å². The van der Waals surface area contributed by atoms with Gasteiger partial charge in [-0.15, -0.1) is 11.3 Å². The molecule has 0 fully saturated rings. The van der Waals surface area contributed by atoms with Gasteiger partial charge in [-0.1, -0.05) is 0 Å². The zero-order valence-corrected chi connectivity index (χ0v) is 8.02. The summed E-state index contributed by atoms with van der Waals surface area (Å²) in [6.07, 6.45) is 0.949. The summed E-state index contributed by atoms with van der Waals surface area (Å²) >= 11 is 1.68. The molecule has 1 heterocycles. The average Bonchev–Trinajstić information content (AvgIpc) is 2.45. The maximum Gasteiger partial charge on any atom is 0.0897 e. The number of hydrogen-bond acceptors (Lipinski definition) is 4. The van der Waals surface area contributed by atoms with Crippen LogP contribution < -0.4 is 5.32 Å². The van der Waals surface area contributed by atoms with E-state index in [0.29, 0.717) is 6.54 Å². The van der Waals surface area contributed by atoms with Crippen molar-refractivity contribution in [2.45, 2.75) is 13.3 Å². The SMILES string of the molecule is Cc1nc(CCNCCO)cs1. The van der Waals surface area contributed by atoms with Crippen LogP contribution >= 0.6 is 11.3 Å². The number of thiazole rings is 1. The number of aromatic nitrogens is 1. The van der Waals surface area contributed by atoms with Gasteiger partial charge in [-0.25, -0.2) is 4.98 Å². The first kappa shape index (κ1) is 9.64. The van der Waals surface area contributed by atoms with Gasteiger partial charge in [0.25, 0.3) is 0 Å². The fourth-order valence-corrected chi connectivity index (χ4v) is 1.59. The summed E-state index contributed by atoms with van der Waals surface area (Å²) < 4.78 is 0. The molecule has 1 rings (SSSR count). The predicted octanol–water partition coefficient (Wildman–Crippen LogP) is 0.576. The van der Waals surface area contributed by atoms with Gasteiger partial charge in [-0.05, 0) is 6.92 Å². The predicted molar refractivity (Wildman–Crippen MR) is 50.5 cm³/mol. The minimum atomic E-state index is 0.204. The molecule has 68 valence electrons. The number of aryl methyl sites for hydroxylation is 1. The lowest BCUT2D eigenvalue weighted by Gasteiger charge is -1.98. The molecule has 0 amide bonds. The Hall–Kier alpha value is -0.450. The highest BCUT2D eigenvalue weighted by molar-refractivity contribution is 7.09. The lowest BCUT2D eigenvalue weighted by molar-refractivity contribution is 0.292. The van der Waals surface area contributed by atoms with E-state index in [9.17, 15) is 0 Å². The van der Waals surface area contributed by atoms with Gasteiger partial charge >= 0.3 is 0 Å². The first-order valence-electron chi connectivity index (χ1n) is 4.05. The molecule has 12 heavy (non-hydrogen) atoms. The largest absolute Gasteiger partial charge is 0.395 e. The Balaban J connectivity index is 2.15. The molecule has 1 aromatic heterocycles. The van der Waals surface area contributed by atoms with Crippen LogP contribution in [0.1, 0.15) is 10.7 Å². The third kappa shape index (κ3) is 3.30. The van der Waals surface area contributed by atoms with E-state index in [1.807, 2.05) is 6.92 Å². The molecule has 3 nitrogen and oxygen atoms in total. The van der Waals surface area contributed by atoms with Crippen molar-refractivity contribution in [2.24, 2.45) is 0 Å². The summed E-state index contributed by atoms with van der Waals surface area (Å²) in [6, 6.07) is 0. The van der Waals surface area contributed by atoms with Crippen LogP contribution in [0.3, 0.4) is 0 Å². The van der Waals surface area contributed by atoms with Crippen LogP contribution in [0.2, 0.25) is 0 Å². The first-order chi connectivity index (χ1) is 5.83. The Kier molecular flexibility index (Phi) is 4.21. The summed E-state index contributed by atoms with van der Waals surface area (Å²) in [7, 11) is 0. The van der Waals surface area contributed by atoms with Crippen molar-refractivity contribution in [3.05, 3.63) is 16.1 Å². The number of hydrogen-bond donors (Lipinski definition) is 2. The number of aliphatic hydroxyl groups is 1. The number of rotatable bonds is 5. The molecule has 0 unspecified atom stereocenters. The average molecular weight is 186 g/mol. The highest BCUT2D eigenvalue weighted by Crippen LogP contribution is 2.07. The van der Waals surface area contributed by atoms with Crippen LogP contribution in [-0.2, 0) is 6.42 Å². The second-order valence-corrected chi connectivity index (χ2v) is 3.64. The second-order valence-electron chi connectivity index (χ2n) is 2.58. The van der Waals surface area contributed by atoms with E-state index < -0.39 is 0 Å². The maximum absolute atomic E-state index is 8.49. The van der Waals surface area contributed by atoms with Crippen LogP contribution in [0.4, 0.5) is 0 Å². The quantitative estimate of drug-likeness (QED) is 0.661. The topological polar surface area (TPSA) is 45.2 Å². The fraction of sp³-hybridized carbons (Fsp3) is 0.625. The third-order valence-corrected chi connectivity index (χ3v) is 2.34. The summed E-state index contributed by atoms with van der Waals surface area (Å²) in [5, 5.41) is 14.8. The normalized spacial score (nSPS) is 10.5. The smallest absolute Gasteiger partial charge is 0.0897 e. The molecule has 0 saturated carbocycles. The molecule has 4 heteroatoms. The summed E-state index contributed by atoms with van der Waals surface area (Å²) in [5.74, 6) is 0. The minimum Gasteiger partial charge on any atom is -0.395 e. The first-order valence-corrected chi connectivity index (χ1v) is 4.93. The Labute approximate surface area is 76.5 Å². The highest BCUT2D eigenvalue weighted by atomic mass is 32.1. The summed E-state index contributed by atoms with van der Waals surface area (Å²) in [4.78, 5) is 4.32. The maximum atomic E-state index is 8.49. The standard InChI is InChI=1S/C8H14N2OS/c1-7-10-8(6-12-7)2-3-9-4-5-11/h6,9,11H,2-5H2,1H3. The molecule has 0 atom stereocenters. The minimum absolute atomic E-state index is 0.204. The van der Waals surface area contributed by atoms with Gasteiger partial charge < -0.3 is 10.4 Å². The van der Waals surface area contributed by atoms with Crippen LogP contribution in [0.15, 0.2) is 5.38 Å². The number of aliphatic hydroxyl groups excluding tert-OH is 1. The lowest BCUT2D eigenvalue weighted by Crippen LogP contribution is -2.20. The van der Waals surface area contributed by atoms with Gasteiger partial charge in [0.05, 0.1) is 17.3 Å². The molecule has 0 bridgehead atoms. The van der Waals surface area contributed by atoms with Crippen molar-refractivity contribution in [2.75, 3.05) is 19.7 Å². The number of nitrogens with zero attached hydrogens (tertiary/aromatic N) is 1. The molecule has 0 radical (unpaired) electrons. The van der Waals surface area contributed by atoms with E-state index in [2.05, 4.69) is 15.7 Å². The van der Waals surface area contributed by atoms with Crippen molar-refractivity contribution in [3.8, 4) is 0 Å². The molecule has 0 aromatic carbocycles. The molecule has 0 aliphatic heterocycles. The van der Waals surface area contributed by atoms with Crippen molar-refractivity contribution >= 4 is 11.3 Å². The van der Waals surface area contributed by atoms with E-state index in [1.165, 1.54) is 0 Å². The van der Waals surface area contributed by atoms with Gasteiger partial charge in [0.1, 0.15) is 0 Å². The van der Waals surface area contributed by atoms with E-state index in [4.69, 9.17) is 5.11 Å². The lowest BCUT2D eigenvalue weighted by atomic mass is 10.3. The molecular formula is C8H14N2OS. The molecule has 2 N–H and O–H groups in total. The molecule has 0 spiro atoms. The van der Waals surface area contributed by atoms with Crippen molar-refractivity contribution in [1.29, 1.82) is 0 Å². The number of nitrogens with one attached hydrogen (secondary N) is 1. The van der Waals surface area contributed by atoms with Crippen molar-refractivity contribution in [1.82, 2.24) is 10.3 Å². The Morgan fingerprint density at radius 1 is 1.58 bits per heavy atom. The molecular weight excluding hydrogens is 172 g/mol. The van der Waals surface area contributed by atoms with E-state index >= 15 is 0 Å². The van der Waals surface area contributed by atoms with Crippen molar-refractivity contribution in [3.63, 3.8) is 0 Å². The Bertz CT molecular complexity index is 225. The monoisotopic (exact) mass is 186 g/mol. The Morgan fingerprint density at radius 2 is 2.42 bits per heavy atom. The summed E-state index contributed by atoms with van der Waals surface area (Å²) in [6.45, 7) is 3.78. The molecule has 0 aliphatic rings. The fourth-order valence-electron chi connectivity index (χ4n) is 0.944. The summed E-state index contributed by atoms with van der Waals surface area (Å²) in [5.41, 5.74) is 1.14. The van der Waals surface area contributed by atoms with Gasteiger partial charge in [0.2, 0.25) is 0 Å². The van der Waals surface area contributed by atoms with Crippen LogP contribution in [0.5, 0.6) is 0 Å².